The first kappa shape index (κ1) is 12.4. The lowest BCUT2D eigenvalue weighted by Gasteiger charge is -1.97. The van der Waals surface area contributed by atoms with Gasteiger partial charge in [0.25, 0.3) is 0 Å². The molecule has 0 amide bonds. The Morgan fingerprint density at radius 2 is 1.60 bits per heavy atom. The average molecular weight is 262 g/mol. The maximum absolute atomic E-state index is 12.2. The number of carbonyl (C=O) groups excluding carboxylic acids is 1. The van der Waals surface area contributed by atoms with Crippen molar-refractivity contribution in [1.29, 1.82) is 0 Å². The number of aromatic amines is 1. The molecule has 0 atom stereocenters. The molecule has 0 saturated carbocycles. The summed E-state index contributed by atoms with van der Waals surface area (Å²) in [7, 11) is 0. The lowest BCUT2D eigenvalue weighted by atomic mass is 10.1. The van der Waals surface area contributed by atoms with E-state index in [1.807, 2.05) is 60.7 Å². The first-order valence-electron chi connectivity index (χ1n) is 6.51. The van der Waals surface area contributed by atoms with E-state index < -0.39 is 0 Å². The minimum Gasteiger partial charge on any atom is -0.292 e. The molecule has 3 rings (SSSR count). The topological polar surface area (TPSA) is 45.8 Å². The number of nitrogens with one attached hydrogen (secondary N) is 1. The Morgan fingerprint density at radius 3 is 2.30 bits per heavy atom. The molecule has 1 heterocycles. The Bertz CT molecular complexity index is 702. The second kappa shape index (κ2) is 5.53. The van der Waals surface area contributed by atoms with Crippen LogP contribution < -0.4 is 0 Å². The Kier molecular flexibility index (Phi) is 3.42. The molecule has 3 aromatic rings. The van der Waals surface area contributed by atoms with Gasteiger partial charge in [-0.05, 0) is 11.6 Å². The van der Waals surface area contributed by atoms with E-state index in [0.717, 1.165) is 16.8 Å². The fourth-order valence-electron chi connectivity index (χ4n) is 2.10. The van der Waals surface area contributed by atoms with Crippen molar-refractivity contribution in [2.75, 3.05) is 0 Å². The van der Waals surface area contributed by atoms with Gasteiger partial charge in [0, 0.05) is 12.0 Å². The van der Waals surface area contributed by atoms with Crippen LogP contribution in [0.3, 0.4) is 0 Å². The highest BCUT2D eigenvalue weighted by molar-refractivity contribution is 5.96. The van der Waals surface area contributed by atoms with E-state index in [0.29, 0.717) is 12.1 Å². The number of rotatable bonds is 4. The average Bonchev–Trinajstić information content (AvgIpc) is 2.99. The van der Waals surface area contributed by atoms with Crippen LogP contribution in [0.2, 0.25) is 0 Å². The van der Waals surface area contributed by atoms with Gasteiger partial charge in [-0.25, -0.2) is 0 Å². The van der Waals surface area contributed by atoms with Gasteiger partial charge in [0.05, 0.1) is 5.69 Å². The molecule has 98 valence electrons. The van der Waals surface area contributed by atoms with Gasteiger partial charge in [0.1, 0.15) is 5.69 Å². The van der Waals surface area contributed by atoms with Gasteiger partial charge in [-0.1, -0.05) is 60.7 Å². The van der Waals surface area contributed by atoms with Crippen molar-refractivity contribution >= 4 is 5.78 Å². The predicted molar refractivity (Wildman–Crippen MR) is 78.5 cm³/mol. The molecule has 0 saturated heterocycles. The molecule has 2 aromatic carbocycles. The summed E-state index contributed by atoms with van der Waals surface area (Å²) in [5, 5.41) is 7.03. The summed E-state index contributed by atoms with van der Waals surface area (Å²) < 4.78 is 0. The third-order valence-corrected chi connectivity index (χ3v) is 3.16. The number of benzene rings is 2. The number of carbonyl (C=O) groups is 1. The van der Waals surface area contributed by atoms with Crippen LogP contribution in [0, 0.1) is 0 Å². The molecule has 0 spiro atoms. The standard InChI is InChI=1S/C17H14N2O/c20-17(11-13-7-3-1-4-8-13)16-12-15(18-19-16)14-9-5-2-6-10-14/h1-10,12H,11H2,(H,18,19). The van der Waals surface area contributed by atoms with Crippen LogP contribution in [0.5, 0.6) is 0 Å². The summed E-state index contributed by atoms with van der Waals surface area (Å²) >= 11 is 0. The van der Waals surface area contributed by atoms with Gasteiger partial charge >= 0.3 is 0 Å². The molecule has 0 bridgehead atoms. The Morgan fingerprint density at radius 1 is 0.950 bits per heavy atom. The Balaban J connectivity index is 1.79. The van der Waals surface area contributed by atoms with E-state index in [2.05, 4.69) is 10.2 Å². The van der Waals surface area contributed by atoms with Gasteiger partial charge in [-0.15, -0.1) is 0 Å². The van der Waals surface area contributed by atoms with Crippen LogP contribution in [0.25, 0.3) is 11.3 Å². The van der Waals surface area contributed by atoms with Crippen molar-refractivity contribution < 1.29 is 4.79 Å². The third-order valence-electron chi connectivity index (χ3n) is 3.16. The quantitative estimate of drug-likeness (QED) is 0.731. The predicted octanol–water partition coefficient (Wildman–Crippen LogP) is 3.50. The highest BCUT2D eigenvalue weighted by Gasteiger charge is 2.11. The maximum Gasteiger partial charge on any atom is 0.184 e. The van der Waals surface area contributed by atoms with Gasteiger partial charge in [-0.2, -0.15) is 5.10 Å². The minimum atomic E-state index is 0.0471. The lowest BCUT2D eigenvalue weighted by molar-refractivity contribution is 0.0988. The van der Waals surface area contributed by atoms with Crippen LogP contribution in [0.4, 0.5) is 0 Å². The minimum absolute atomic E-state index is 0.0471. The van der Waals surface area contributed by atoms with Crippen LogP contribution >= 0.6 is 0 Å². The van der Waals surface area contributed by atoms with E-state index in [1.54, 1.807) is 6.07 Å². The number of hydrogen-bond donors (Lipinski definition) is 1. The van der Waals surface area contributed by atoms with Crippen LogP contribution in [-0.4, -0.2) is 16.0 Å². The first-order valence-corrected chi connectivity index (χ1v) is 6.51. The normalized spacial score (nSPS) is 10.4. The van der Waals surface area contributed by atoms with E-state index in [4.69, 9.17) is 0 Å². The van der Waals surface area contributed by atoms with Crippen molar-refractivity contribution in [3.05, 3.63) is 78.0 Å². The first-order chi connectivity index (χ1) is 9.83. The Hall–Kier alpha value is -2.68. The SMILES string of the molecule is O=C(Cc1ccccc1)c1cc(-c2ccccc2)n[nH]1. The number of nitrogens with zero attached hydrogens (tertiary/aromatic N) is 1. The van der Waals surface area contributed by atoms with E-state index >= 15 is 0 Å². The molecule has 0 unspecified atom stereocenters. The molecule has 3 nitrogen and oxygen atoms in total. The molecule has 3 heteroatoms. The van der Waals surface area contributed by atoms with Gasteiger partial charge in [0.2, 0.25) is 0 Å². The van der Waals surface area contributed by atoms with Crippen LogP contribution in [-0.2, 0) is 6.42 Å². The third kappa shape index (κ3) is 2.67. The second-order valence-electron chi connectivity index (χ2n) is 4.62. The van der Waals surface area contributed by atoms with Gasteiger partial charge in [0.15, 0.2) is 5.78 Å². The maximum atomic E-state index is 12.2. The monoisotopic (exact) mass is 262 g/mol. The lowest BCUT2D eigenvalue weighted by Crippen LogP contribution is -2.03. The zero-order chi connectivity index (χ0) is 13.8. The van der Waals surface area contributed by atoms with E-state index in [1.165, 1.54) is 0 Å². The molecular formula is C17H14N2O. The summed E-state index contributed by atoms with van der Waals surface area (Å²) in [6.45, 7) is 0. The summed E-state index contributed by atoms with van der Waals surface area (Å²) in [5.41, 5.74) is 3.35. The second-order valence-corrected chi connectivity index (χ2v) is 4.62. The highest BCUT2D eigenvalue weighted by atomic mass is 16.1. The molecule has 0 aliphatic carbocycles. The zero-order valence-corrected chi connectivity index (χ0v) is 10.9. The fraction of sp³-hybridized carbons (Fsp3) is 0.0588. The molecule has 1 N–H and O–H groups in total. The van der Waals surface area contributed by atoms with Crippen LogP contribution in [0.15, 0.2) is 66.7 Å². The van der Waals surface area contributed by atoms with Crippen molar-refractivity contribution in [2.45, 2.75) is 6.42 Å². The Labute approximate surface area is 117 Å². The zero-order valence-electron chi connectivity index (χ0n) is 10.9. The highest BCUT2D eigenvalue weighted by Crippen LogP contribution is 2.17. The molecular weight excluding hydrogens is 248 g/mol. The molecule has 0 fully saturated rings. The summed E-state index contributed by atoms with van der Waals surface area (Å²) in [6, 6.07) is 21.3. The molecule has 0 radical (unpaired) electrons. The number of ketones is 1. The number of hydrogen-bond acceptors (Lipinski definition) is 2. The number of aromatic nitrogens is 2. The molecule has 1 aromatic heterocycles. The molecule has 0 aliphatic rings. The van der Waals surface area contributed by atoms with Gasteiger partial charge < -0.3 is 0 Å². The number of H-pyrrole nitrogens is 1. The van der Waals surface area contributed by atoms with Crippen molar-refractivity contribution in [3.8, 4) is 11.3 Å². The molecule has 0 aliphatic heterocycles. The number of Topliss-reactive ketones (excluding diaryl/α,β-unsaturated/α-hetero) is 1. The smallest absolute Gasteiger partial charge is 0.184 e. The summed E-state index contributed by atoms with van der Waals surface area (Å²) in [6.07, 6.45) is 0.386. The van der Waals surface area contributed by atoms with Gasteiger partial charge in [-0.3, -0.25) is 9.89 Å². The summed E-state index contributed by atoms with van der Waals surface area (Å²) in [4.78, 5) is 12.2. The van der Waals surface area contributed by atoms with Crippen molar-refractivity contribution in [2.24, 2.45) is 0 Å². The van der Waals surface area contributed by atoms with Crippen LogP contribution in [0.1, 0.15) is 16.1 Å². The van der Waals surface area contributed by atoms with E-state index in [-0.39, 0.29) is 5.78 Å². The fourth-order valence-corrected chi connectivity index (χ4v) is 2.10. The van der Waals surface area contributed by atoms with E-state index in [9.17, 15) is 4.79 Å². The largest absolute Gasteiger partial charge is 0.292 e. The van der Waals surface area contributed by atoms with Crippen molar-refractivity contribution in [1.82, 2.24) is 10.2 Å². The van der Waals surface area contributed by atoms with Crippen molar-refractivity contribution in [3.63, 3.8) is 0 Å². The summed E-state index contributed by atoms with van der Waals surface area (Å²) in [5.74, 6) is 0.0471. The molecule has 20 heavy (non-hydrogen) atoms.